The summed E-state index contributed by atoms with van der Waals surface area (Å²) in [5.74, 6) is -1.66. The molecule has 2 atom stereocenters. The largest absolute Gasteiger partial charge is 0.490 e. The molecular weight excluding hydrogens is 506 g/mol. The van der Waals surface area contributed by atoms with Crippen LogP contribution in [0.4, 0.5) is 26.3 Å². The topological polar surface area (TPSA) is 36.3 Å². The Morgan fingerprint density at radius 3 is 2.16 bits per heavy atom. The van der Waals surface area contributed by atoms with Gasteiger partial charge >= 0.3 is 12.4 Å². The van der Waals surface area contributed by atoms with Crippen LogP contribution in [0.1, 0.15) is 68.9 Å². The maximum Gasteiger partial charge on any atom is 0.420 e. The van der Waals surface area contributed by atoms with E-state index >= 15 is 0 Å². The van der Waals surface area contributed by atoms with Crippen LogP contribution in [-0.4, -0.2) is 35.8 Å². The first-order valence-electron chi connectivity index (χ1n) is 13.5. The quantitative estimate of drug-likeness (QED) is 0.361. The highest BCUT2D eigenvalue weighted by atomic mass is 19.4. The number of hydrogen-bond acceptors (Lipinski definition) is 3. The van der Waals surface area contributed by atoms with E-state index in [4.69, 9.17) is 4.74 Å². The molecule has 3 fully saturated rings. The summed E-state index contributed by atoms with van der Waals surface area (Å²) in [6.45, 7) is 0.731. The van der Waals surface area contributed by atoms with Crippen LogP contribution in [0, 0.1) is 23.2 Å². The van der Waals surface area contributed by atoms with E-state index in [0.29, 0.717) is 23.9 Å². The van der Waals surface area contributed by atoms with Gasteiger partial charge in [0.25, 0.3) is 0 Å². The molecule has 2 unspecified atom stereocenters. The molecule has 0 amide bonds. The van der Waals surface area contributed by atoms with E-state index < -0.39 is 29.9 Å². The normalized spacial score (nSPS) is 28.7. The van der Waals surface area contributed by atoms with Gasteiger partial charge in [-0.05, 0) is 80.2 Å². The third kappa shape index (κ3) is 5.61. The summed E-state index contributed by atoms with van der Waals surface area (Å²) in [6, 6.07) is 11.0. The lowest BCUT2D eigenvalue weighted by molar-refractivity contribution is -0.185. The van der Waals surface area contributed by atoms with Crippen LogP contribution in [0.15, 0.2) is 30.3 Å². The fraction of sp³-hybridized carbons (Fsp3) is 0.621. The van der Waals surface area contributed by atoms with Crippen LogP contribution in [-0.2, 0) is 12.6 Å². The van der Waals surface area contributed by atoms with Gasteiger partial charge in [0.15, 0.2) is 0 Å². The molecule has 1 saturated carbocycles. The number of fused-ring (bicyclic) bond motifs is 3. The number of nitrogens with zero attached hydrogens (tertiary/aromatic N) is 2. The monoisotopic (exact) mass is 538 g/mol. The number of halogens is 6. The molecule has 2 aromatic carbocycles. The lowest BCUT2D eigenvalue weighted by Gasteiger charge is -2.47. The zero-order chi connectivity index (χ0) is 27.1. The molecule has 0 N–H and O–H groups in total. The first-order chi connectivity index (χ1) is 18.0. The molecule has 5 rings (SSSR count). The zero-order valence-electron chi connectivity index (χ0n) is 21.1. The fourth-order valence-electron chi connectivity index (χ4n) is 6.90. The third-order valence-corrected chi connectivity index (χ3v) is 8.78. The predicted molar refractivity (Wildman–Crippen MR) is 132 cm³/mol. The van der Waals surface area contributed by atoms with Gasteiger partial charge in [0.05, 0.1) is 18.1 Å². The molecule has 38 heavy (non-hydrogen) atoms. The van der Waals surface area contributed by atoms with E-state index in [1.807, 2.05) is 6.07 Å². The standard InChI is InChI=1S/C29H32F6N2O/c30-28(31,32)20-7-9-23(10-8-20)38-26-12-11-24-19(3-1-6-25(24)27(26)29(33,34)35)13-14-37-21-4-2-5-22(37)16-18(15-21)17-36/h1,3,6,11-12,18,20-23H,2,4-5,7-10,13-16H2/t18?,20-,21?,22?,23+. The summed E-state index contributed by atoms with van der Waals surface area (Å²) >= 11 is 0. The minimum atomic E-state index is -4.67. The summed E-state index contributed by atoms with van der Waals surface area (Å²) in [4.78, 5) is 2.45. The molecule has 2 heterocycles. The number of hydrogen-bond donors (Lipinski definition) is 0. The van der Waals surface area contributed by atoms with Crippen molar-refractivity contribution in [1.29, 1.82) is 5.26 Å². The number of piperidine rings is 2. The molecule has 3 nitrogen and oxygen atoms in total. The van der Waals surface area contributed by atoms with Gasteiger partial charge in [0.2, 0.25) is 0 Å². The average molecular weight is 539 g/mol. The van der Waals surface area contributed by atoms with Crippen molar-refractivity contribution in [2.24, 2.45) is 11.8 Å². The van der Waals surface area contributed by atoms with Crippen molar-refractivity contribution in [3.05, 3.63) is 41.5 Å². The van der Waals surface area contributed by atoms with Crippen LogP contribution in [0.2, 0.25) is 0 Å². The minimum Gasteiger partial charge on any atom is -0.490 e. The second kappa shape index (κ2) is 10.6. The van der Waals surface area contributed by atoms with Crippen LogP contribution in [0.3, 0.4) is 0 Å². The number of benzene rings is 2. The van der Waals surface area contributed by atoms with Gasteiger partial charge in [0, 0.05) is 24.5 Å². The highest BCUT2D eigenvalue weighted by Crippen LogP contribution is 2.45. The van der Waals surface area contributed by atoms with Crippen molar-refractivity contribution in [2.45, 2.75) is 94.7 Å². The lowest BCUT2D eigenvalue weighted by Crippen LogP contribution is -2.52. The molecule has 0 aromatic heterocycles. The van der Waals surface area contributed by atoms with Crippen LogP contribution >= 0.6 is 0 Å². The van der Waals surface area contributed by atoms with Crippen LogP contribution in [0.5, 0.6) is 5.75 Å². The predicted octanol–water partition coefficient (Wildman–Crippen LogP) is 8.06. The third-order valence-electron chi connectivity index (χ3n) is 8.78. The SMILES string of the molecule is N#CC1CC2CCCC(C1)N2CCc1cccc2c(C(F)(F)F)c(O[C@H]3CC[C@@H](C(F)(F)F)CC3)ccc12. The zero-order valence-corrected chi connectivity index (χ0v) is 21.1. The van der Waals surface area contributed by atoms with E-state index in [1.54, 1.807) is 12.1 Å². The highest BCUT2D eigenvalue weighted by molar-refractivity contribution is 5.91. The highest BCUT2D eigenvalue weighted by Gasteiger charge is 2.43. The Labute approximate surface area is 218 Å². The molecule has 206 valence electrons. The van der Waals surface area contributed by atoms with Gasteiger partial charge in [-0.3, -0.25) is 4.90 Å². The average Bonchev–Trinajstić information content (AvgIpc) is 2.85. The number of rotatable bonds is 5. The molecular formula is C29H32F6N2O. The summed E-state index contributed by atoms with van der Waals surface area (Å²) in [5.41, 5.74) is -0.0350. The Morgan fingerprint density at radius 2 is 1.55 bits per heavy atom. The lowest BCUT2D eigenvalue weighted by atomic mass is 9.79. The van der Waals surface area contributed by atoms with E-state index in [-0.39, 0.29) is 42.7 Å². The molecule has 2 bridgehead atoms. The Balaban J connectivity index is 1.36. The molecule has 1 aliphatic carbocycles. The molecule has 2 saturated heterocycles. The maximum atomic E-state index is 14.3. The summed E-state index contributed by atoms with van der Waals surface area (Å²) in [6.07, 6.45) is -4.21. The Bertz CT molecular complexity index is 1160. The van der Waals surface area contributed by atoms with E-state index in [9.17, 15) is 31.6 Å². The van der Waals surface area contributed by atoms with Crippen molar-refractivity contribution in [3.63, 3.8) is 0 Å². The molecule has 3 aliphatic rings. The molecule has 2 aromatic rings. The van der Waals surface area contributed by atoms with Gasteiger partial charge in [-0.1, -0.05) is 30.7 Å². The van der Waals surface area contributed by atoms with Gasteiger partial charge < -0.3 is 4.74 Å². The van der Waals surface area contributed by atoms with E-state index in [1.165, 1.54) is 12.1 Å². The number of ether oxygens (including phenoxy) is 1. The van der Waals surface area contributed by atoms with E-state index in [2.05, 4.69) is 11.0 Å². The minimum absolute atomic E-state index is 0.0554. The second-order valence-corrected chi connectivity index (χ2v) is 11.1. The van der Waals surface area contributed by atoms with Crippen LogP contribution in [0.25, 0.3) is 10.8 Å². The molecule has 2 aliphatic heterocycles. The molecule has 0 spiro atoms. The Kier molecular flexibility index (Phi) is 7.56. The van der Waals surface area contributed by atoms with Gasteiger partial charge in [0.1, 0.15) is 11.3 Å². The number of alkyl halides is 6. The van der Waals surface area contributed by atoms with Gasteiger partial charge in [-0.25, -0.2) is 0 Å². The van der Waals surface area contributed by atoms with Crippen molar-refractivity contribution in [1.82, 2.24) is 4.90 Å². The summed E-state index contributed by atoms with van der Waals surface area (Å²) in [5, 5.41) is 9.98. The fourth-order valence-corrected chi connectivity index (χ4v) is 6.90. The van der Waals surface area contributed by atoms with Crippen molar-refractivity contribution in [3.8, 4) is 11.8 Å². The first kappa shape index (κ1) is 27.1. The van der Waals surface area contributed by atoms with Crippen molar-refractivity contribution >= 4 is 10.8 Å². The number of nitriles is 1. The smallest absolute Gasteiger partial charge is 0.420 e. The first-order valence-corrected chi connectivity index (χ1v) is 13.5. The van der Waals surface area contributed by atoms with Crippen molar-refractivity contribution < 1.29 is 31.1 Å². The molecule has 9 heteroatoms. The Morgan fingerprint density at radius 1 is 0.868 bits per heavy atom. The second-order valence-electron chi connectivity index (χ2n) is 11.1. The summed E-state index contributed by atoms with van der Waals surface area (Å²) < 4.78 is 87.7. The van der Waals surface area contributed by atoms with Gasteiger partial charge in [-0.2, -0.15) is 31.6 Å². The molecule has 0 radical (unpaired) electrons. The maximum absolute atomic E-state index is 14.3. The van der Waals surface area contributed by atoms with E-state index in [0.717, 1.165) is 44.2 Å². The van der Waals surface area contributed by atoms with Crippen LogP contribution < -0.4 is 4.74 Å². The van der Waals surface area contributed by atoms with Gasteiger partial charge in [-0.15, -0.1) is 0 Å². The van der Waals surface area contributed by atoms with Crippen molar-refractivity contribution in [2.75, 3.05) is 6.54 Å². The Hall–Kier alpha value is -2.47. The summed E-state index contributed by atoms with van der Waals surface area (Å²) in [7, 11) is 0.